The van der Waals surface area contributed by atoms with E-state index in [2.05, 4.69) is 0 Å². The van der Waals surface area contributed by atoms with Crippen LogP contribution in [0, 0.1) is 0 Å². The highest BCUT2D eigenvalue weighted by atomic mass is 16.7. The summed E-state index contributed by atoms with van der Waals surface area (Å²) < 4.78 is 15.1. The highest BCUT2D eigenvalue weighted by Gasteiger charge is 2.43. The summed E-state index contributed by atoms with van der Waals surface area (Å²) in [6, 6.07) is 8.49. The lowest BCUT2D eigenvalue weighted by Crippen LogP contribution is -2.35. The number of esters is 1. The van der Waals surface area contributed by atoms with Crippen LogP contribution in [0.3, 0.4) is 0 Å². The molecule has 1 saturated heterocycles. The van der Waals surface area contributed by atoms with E-state index in [9.17, 15) is 15.0 Å². The highest BCUT2D eigenvalue weighted by Crippen LogP contribution is 2.22. The van der Waals surface area contributed by atoms with Crippen molar-refractivity contribution >= 4 is 5.97 Å². The quantitative estimate of drug-likeness (QED) is 0.744. The van der Waals surface area contributed by atoms with Gasteiger partial charge in [-0.2, -0.15) is 0 Å². The van der Waals surface area contributed by atoms with Gasteiger partial charge in [0.15, 0.2) is 6.29 Å². The largest absolute Gasteiger partial charge is 0.459 e. The maximum absolute atomic E-state index is 11.7. The molecule has 0 saturated carbocycles. The van der Waals surface area contributed by atoms with Crippen molar-refractivity contribution < 1.29 is 29.2 Å². The van der Waals surface area contributed by atoms with E-state index >= 15 is 0 Å². The van der Waals surface area contributed by atoms with Crippen LogP contribution in [-0.2, 0) is 14.2 Å². The summed E-state index contributed by atoms with van der Waals surface area (Å²) in [5.74, 6) is -0.508. The Morgan fingerprint density at radius 3 is 2.53 bits per heavy atom. The first kappa shape index (κ1) is 14.0. The molecule has 6 heteroatoms. The van der Waals surface area contributed by atoms with E-state index in [1.807, 2.05) is 0 Å². The molecule has 2 N–H and O–H groups in total. The Balaban J connectivity index is 1.88. The standard InChI is InChI=1S/C13H16O6/c1-17-13-11(15)10(14)9(19-13)7-18-12(16)8-5-3-2-4-6-8/h2-6,9-11,13-15H,7H2,1H3/t9-,10-,11-,13+/m1/s1. The lowest BCUT2D eigenvalue weighted by Gasteiger charge is -2.14. The van der Waals surface area contributed by atoms with Gasteiger partial charge in [0.1, 0.15) is 24.9 Å². The van der Waals surface area contributed by atoms with Crippen LogP contribution in [-0.4, -0.2) is 54.5 Å². The zero-order valence-electron chi connectivity index (χ0n) is 10.4. The van der Waals surface area contributed by atoms with E-state index in [1.165, 1.54) is 7.11 Å². The number of carbonyl (C=O) groups excluding carboxylic acids is 1. The zero-order chi connectivity index (χ0) is 13.8. The van der Waals surface area contributed by atoms with Gasteiger partial charge in [-0.1, -0.05) is 18.2 Å². The Morgan fingerprint density at radius 2 is 1.95 bits per heavy atom. The van der Waals surface area contributed by atoms with Crippen LogP contribution < -0.4 is 0 Å². The van der Waals surface area contributed by atoms with E-state index in [4.69, 9.17) is 14.2 Å². The van der Waals surface area contributed by atoms with Crippen molar-refractivity contribution in [1.82, 2.24) is 0 Å². The van der Waals surface area contributed by atoms with Crippen LogP contribution in [0.1, 0.15) is 10.4 Å². The van der Waals surface area contributed by atoms with Crippen molar-refractivity contribution in [3.8, 4) is 0 Å². The fraction of sp³-hybridized carbons (Fsp3) is 0.462. The first-order chi connectivity index (χ1) is 9.13. The molecule has 19 heavy (non-hydrogen) atoms. The van der Waals surface area contributed by atoms with Gasteiger partial charge in [0.25, 0.3) is 0 Å². The number of hydrogen-bond donors (Lipinski definition) is 2. The van der Waals surface area contributed by atoms with Gasteiger partial charge in [0.2, 0.25) is 0 Å². The summed E-state index contributed by atoms with van der Waals surface area (Å²) in [4.78, 5) is 11.7. The van der Waals surface area contributed by atoms with Crippen molar-refractivity contribution in [2.24, 2.45) is 0 Å². The molecule has 2 rings (SSSR count). The number of rotatable bonds is 4. The third-order valence-corrected chi connectivity index (χ3v) is 2.94. The molecule has 4 atom stereocenters. The van der Waals surface area contributed by atoms with Crippen molar-refractivity contribution in [2.75, 3.05) is 13.7 Å². The topological polar surface area (TPSA) is 85.2 Å². The van der Waals surface area contributed by atoms with Gasteiger partial charge in [0, 0.05) is 7.11 Å². The zero-order valence-corrected chi connectivity index (χ0v) is 10.4. The Hall–Kier alpha value is -1.47. The average Bonchev–Trinajstić information content (AvgIpc) is 2.73. The SMILES string of the molecule is CO[C@H]1O[C@H](COC(=O)c2ccccc2)[C@@H](O)[C@H]1O. The van der Waals surface area contributed by atoms with Gasteiger partial charge >= 0.3 is 5.97 Å². The number of ether oxygens (including phenoxy) is 3. The Kier molecular flexibility index (Phi) is 4.49. The first-order valence-corrected chi connectivity index (χ1v) is 5.90. The summed E-state index contributed by atoms with van der Waals surface area (Å²) in [5.41, 5.74) is 0.416. The molecule has 0 spiro atoms. The van der Waals surface area contributed by atoms with E-state index in [-0.39, 0.29) is 6.61 Å². The minimum atomic E-state index is -1.15. The molecule has 0 aliphatic carbocycles. The monoisotopic (exact) mass is 268 g/mol. The predicted octanol–water partition coefficient (Wildman–Crippen LogP) is -0.0635. The maximum Gasteiger partial charge on any atom is 0.338 e. The molecule has 1 aliphatic rings. The molecule has 6 nitrogen and oxygen atoms in total. The van der Waals surface area contributed by atoms with Gasteiger partial charge in [-0.15, -0.1) is 0 Å². The molecule has 0 amide bonds. The number of aliphatic hydroxyl groups excluding tert-OH is 2. The molecule has 104 valence electrons. The van der Waals surface area contributed by atoms with Crippen LogP contribution in [0.2, 0.25) is 0 Å². The van der Waals surface area contributed by atoms with Crippen molar-refractivity contribution in [3.63, 3.8) is 0 Å². The minimum Gasteiger partial charge on any atom is -0.459 e. The molecule has 0 aromatic heterocycles. The fourth-order valence-electron chi connectivity index (χ4n) is 1.86. The van der Waals surface area contributed by atoms with Crippen LogP contribution in [0.25, 0.3) is 0 Å². The summed E-state index contributed by atoms with van der Waals surface area (Å²) in [6.45, 7) is -0.147. The van der Waals surface area contributed by atoms with Crippen molar-refractivity contribution in [3.05, 3.63) is 35.9 Å². The third-order valence-electron chi connectivity index (χ3n) is 2.94. The van der Waals surface area contributed by atoms with Gasteiger partial charge in [-0.3, -0.25) is 0 Å². The van der Waals surface area contributed by atoms with E-state index in [1.54, 1.807) is 30.3 Å². The second-order valence-corrected chi connectivity index (χ2v) is 4.22. The minimum absolute atomic E-state index is 0.147. The Morgan fingerprint density at radius 1 is 1.26 bits per heavy atom. The number of benzene rings is 1. The molecular weight excluding hydrogens is 252 g/mol. The molecule has 1 fully saturated rings. The maximum atomic E-state index is 11.7. The number of hydrogen-bond acceptors (Lipinski definition) is 6. The van der Waals surface area contributed by atoms with E-state index in [0.717, 1.165) is 0 Å². The molecule has 0 unspecified atom stereocenters. The van der Waals surface area contributed by atoms with E-state index < -0.39 is 30.6 Å². The van der Waals surface area contributed by atoms with Crippen LogP contribution in [0.4, 0.5) is 0 Å². The summed E-state index contributed by atoms with van der Waals surface area (Å²) in [5, 5.41) is 19.3. The molecule has 1 heterocycles. The third kappa shape index (κ3) is 3.10. The number of carbonyl (C=O) groups is 1. The van der Waals surface area contributed by atoms with Gasteiger partial charge in [-0.25, -0.2) is 4.79 Å². The normalized spacial score (nSPS) is 30.3. The second kappa shape index (κ2) is 6.12. The molecule has 1 aromatic rings. The number of methoxy groups -OCH3 is 1. The predicted molar refractivity (Wildman–Crippen MR) is 64.4 cm³/mol. The van der Waals surface area contributed by atoms with Gasteiger partial charge in [0.05, 0.1) is 5.56 Å². The Bertz CT molecular complexity index is 420. The summed E-state index contributed by atoms with van der Waals surface area (Å²) in [6.07, 6.45) is -4.00. The van der Waals surface area contributed by atoms with Crippen LogP contribution >= 0.6 is 0 Å². The van der Waals surface area contributed by atoms with Gasteiger partial charge in [-0.05, 0) is 12.1 Å². The molecular formula is C13H16O6. The van der Waals surface area contributed by atoms with Crippen molar-refractivity contribution in [2.45, 2.75) is 24.6 Å². The lowest BCUT2D eigenvalue weighted by molar-refractivity contribution is -0.153. The highest BCUT2D eigenvalue weighted by molar-refractivity contribution is 5.89. The summed E-state index contributed by atoms with van der Waals surface area (Å²) >= 11 is 0. The lowest BCUT2D eigenvalue weighted by atomic mass is 10.1. The smallest absolute Gasteiger partial charge is 0.338 e. The Labute approximate surface area is 110 Å². The van der Waals surface area contributed by atoms with Crippen LogP contribution in [0.15, 0.2) is 30.3 Å². The molecule has 0 bridgehead atoms. The first-order valence-electron chi connectivity index (χ1n) is 5.90. The van der Waals surface area contributed by atoms with Crippen LogP contribution in [0.5, 0.6) is 0 Å². The van der Waals surface area contributed by atoms with Gasteiger partial charge < -0.3 is 24.4 Å². The van der Waals surface area contributed by atoms with E-state index in [0.29, 0.717) is 5.56 Å². The molecule has 0 radical (unpaired) electrons. The molecule has 1 aromatic carbocycles. The average molecular weight is 268 g/mol. The second-order valence-electron chi connectivity index (χ2n) is 4.22. The molecule has 1 aliphatic heterocycles. The number of aliphatic hydroxyl groups is 2. The summed E-state index contributed by atoms with van der Waals surface area (Å²) in [7, 11) is 1.36. The van der Waals surface area contributed by atoms with Crippen molar-refractivity contribution in [1.29, 1.82) is 0 Å². The fourth-order valence-corrected chi connectivity index (χ4v) is 1.86.